The molecule has 17 heavy (non-hydrogen) atoms. The third-order valence-electron chi connectivity index (χ3n) is 2.19. The van der Waals surface area contributed by atoms with Gasteiger partial charge in [0.25, 0.3) is 0 Å². The fraction of sp³-hybridized carbons (Fsp3) is 0.308. The minimum atomic E-state index is -0.705. The number of terminal acetylenes is 1. The van der Waals surface area contributed by atoms with Crippen LogP contribution in [0.25, 0.3) is 0 Å². The lowest BCUT2D eigenvalue weighted by atomic mass is 10.1. The first-order valence-corrected chi connectivity index (χ1v) is 5.27. The molecule has 0 atom stereocenters. The summed E-state index contributed by atoms with van der Waals surface area (Å²) in [6, 6.07) is 3.16. The zero-order valence-electron chi connectivity index (χ0n) is 9.30. The summed E-state index contributed by atoms with van der Waals surface area (Å²) < 4.78 is 25.8. The van der Waals surface area contributed by atoms with Gasteiger partial charge in [0.1, 0.15) is 11.6 Å². The van der Waals surface area contributed by atoms with E-state index in [0.29, 0.717) is 19.4 Å². The van der Waals surface area contributed by atoms with Crippen LogP contribution in [-0.4, -0.2) is 12.5 Å². The Balaban J connectivity index is 2.43. The maximum absolute atomic E-state index is 13.2. The second-order valence-corrected chi connectivity index (χ2v) is 3.57. The summed E-state index contributed by atoms with van der Waals surface area (Å²) in [6.45, 7) is 0.464. The molecule has 1 rings (SSSR count). The SMILES string of the molecule is C#CCCCNC(=O)Cc1ccc(F)cc1F. The summed E-state index contributed by atoms with van der Waals surface area (Å²) in [5.41, 5.74) is 0.181. The molecule has 0 radical (unpaired) electrons. The Kier molecular flexibility index (Phi) is 5.15. The number of rotatable bonds is 5. The Morgan fingerprint density at radius 3 is 2.82 bits per heavy atom. The zero-order valence-corrected chi connectivity index (χ0v) is 9.30. The van der Waals surface area contributed by atoms with Crippen molar-refractivity contribution in [2.45, 2.75) is 19.3 Å². The van der Waals surface area contributed by atoms with E-state index < -0.39 is 11.6 Å². The third kappa shape index (κ3) is 4.64. The van der Waals surface area contributed by atoms with Crippen molar-refractivity contribution in [2.75, 3.05) is 6.54 Å². The molecule has 0 fully saturated rings. The molecule has 0 aromatic heterocycles. The van der Waals surface area contributed by atoms with Gasteiger partial charge in [-0.3, -0.25) is 4.79 Å². The van der Waals surface area contributed by atoms with Crippen LogP contribution in [0.4, 0.5) is 8.78 Å². The number of hydrogen-bond donors (Lipinski definition) is 1. The highest BCUT2D eigenvalue weighted by Gasteiger charge is 2.08. The number of amides is 1. The van der Waals surface area contributed by atoms with E-state index in [9.17, 15) is 13.6 Å². The smallest absolute Gasteiger partial charge is 0.224 e. The molecule has 1 aromatic carbocycles. The predicted octanol–water partition coefficient (Wildman–Crippen LogP) is 2.04. The largest absolute Gasteiger partial charge is 0.356 e. The number of nitrogens with one attached hydrogen (secondary N) is 1. The molecule has 4 heteroatoms. The molecule has 1 N–H and O–H groups in total. The van der Waals surface area contributed by atoms with Gasteiger partial charge in [0.2, 0.25) is 5.91 Å². The summed E-state index contributed by atoms with van der Waals surface area (Å²) in [4.78, 5) is 11.4. The van der Waals surface area contributed by atoms with Gasteiger partial charge in [-0.25, -0.2) is 8.78 Å². The second-order valence-electron chi connectivity index (χ2n) is 3.57. The van der Waals surface area contributed by atoms with Crippen LogP contribution in [-0.2, 0) is 11.2 Å². The highest BCUT2D eigenvalue weighted by Crippen LogP contribution is 2.09. The minimum Gasteiger partial charge on any atom is -0.356 e. The molecule has 2 nitrogen and oxygen atoms in total. The fourth-order valence-corrected chi connectivity index (χ4v) is 1.32. The van der Waals surface area contributed by atoms with Gasteiger partial charge in [0.15, 0.2) is 0 Å². The number of benzene rings is 1. The average Bonchev–Trinajstić information content (AvgIpc) is 2.28. The lowest BCUT2D eigenvalue weighted by Gasteiger charge is -2.05. The summed E-state index contributed by atoms with van der Waals surface area (Å²) in [5, 5.41) is 2.61. The molecule has 0 unspecified atom stereocenters. The molecule has 0 saturated carbocycles. The Labute approximate surface area is 99.0 Å². The summed E-state index contributed by atoms with van der Waals surface area (Å²) in [7, 11) is 0. The van der Waals surface area contributed by atoms with Crippen molar-refractivity contribution in [1.29, 1.82) is 0 Å². The van der Waals surface area contributed by atoms with E-state index in [1.54, 1.807) is 0 Å². The molecule has 0 saturated heterocycles. The Hall–Kier alpha value is -1.89. The number of halogens is 2. The van der Waals surface area contributed by atoms with E-state index in [1.807, 2.05) is 0 Å². The highest BCUT2D eigenvalue weighted by molar-refractivity contribution is 5.78. The van der Waals surface area contributed by atoms with Crippen molar-refractivity contribution in [2.24, 2.45) is 0 Å². The van der Waals surface area contributed by atoms with Crippen molar-refractivity contribution < 1.29 is 13.6 Å². The Bertz CT molecular complexity index is 438. The maximum Gasteiger partial charge on any atom is 0.224 e. The first kappa shape index (κ1) is 13.2. The highest BCUT2D eigenvalue weighted by atomic mass is 19.1. The van der Waals surface area contributed by atoms with Crippen molar-refractivity contribution in [3.05, 3.63) is 35.4 Å². The van der Waals surface area contributed by atoms with Gasteiger partial charge in [-0.15, -0.1) is 12.3 Å². The molecule has 0 spiro atoms. The first-order valence-electron chi connectivity index (χ1n) is 5.27. The fourth-order valence-electron chi connectivity index (χ4n) is 1.32. The Morgan fingerprint density at radius 1 is 1.41 bits per heavy atom. The van der Waals surface area contributed by atoms with Crippen LogP contribution < -0.4 is 5.32 Å². The van der Waals surface area contributed by atoms with Crippen LogP contribution >= 0.6 is 0 Å². The lowest BCUT2D eigenvalue weighted by Crippen LogP contribution is -2.26. The molecule has 0 heterocycles. The van der Waals surface area contributed by atoms with Gasteiger partial charge in [-0.05, 0) is 18.1 Å². The van der Waals surface area contributed by atoms with Gasteiger partial charge in [0, 0.05) is 19.0 Å². The molecule has 0 aliphatic heterocycles. The van der Waals surface area contributed by atoms with E-state index >= 15 is 0 Å². The molecule has 0 aliphatic rings. The van der Waals surface area contributed by atoms with E-state index in [0.717, 1.165) is 12.1 Å². The number of hydrogen-bond acceptors (Lipinski definition) is 1. The van der Waals surface area contributed by atoms with Crippen LogP contribution in [0.1, 0.15) is 18.4 Å². The molecule has 1 aromatic rings. The van der Waals surface area contributed by atoms with Crippen LogP contribution in [0, 0.1) is 24.0 Å². The standard InChI is InChI=1S/C13H13F2NO/c1-2-3-4-7-16-13(17)8-10-5-6-11(14)9-12(10)15/h1,5-6,9H,3-4,7-8H2,(H,16,17). The molecule has 0 bridgehead atoms. The Morgan fingerprint density at radius 2 is 2.18 bits per heavy atom. The first-order chi connectivity index (χ1) is 8.13. The van der Waals surface area contributed by atoms with Crippen LogP contribution in [0.2, 0.25) is 0 Å². The lowest BCUT2D eigenvalue weighted by molar-refractivity contribution is -0.120. The molecule has 0 aliphatic carbocycles. The van der Waals surface area contributed by atoms with Crippen LogP contribution in [0.5, 0.6) is 0 Å². The van der Waals surface area contributed by atoms with E-state index in [-0.39, 0.29) is 17.9 Å². The van der Waals surface area contributed by atoms with E-state index in [4.69, 9.17) is 6.42 Å². The van der Waals surface area contributed by atoms with Crippen molar-refractivity contribution in [3.63, 3.8) is 0 Å². The van der Waals surface area contributed by atoms with Gasteiger partial charge in [0.05, 0.1) is 6.42 Å². The van der Waals surface area contributed by atoms with Crippen molar-refractivity contribution in [3.8, 4) is 12.3 Å². The summed E-state index contributed by atoms with van der Waals surface area (Å²) in [5.74, 6) is 0.798. The molecular formula is C13H13F2NO. The normalized spacial score (nSPS) is 9.71. The summed E-state index contributed by atoms with van der Waals surface area (Å²) in [6.07, 6.45) is 6.24. The summed E-state index contributed by atoms with van der Waals surface area (Å²) >= 11 is 0. The maximum atomic E-state index is 13.2. The van der Waals surface area contributed by atoms with Gasteiger partial charge in [-0.2, -0.15) is 0 Å². The van der Waals surface area contributed by atoms with Gasteiger partial charge in [-0.1, -0.05) is 6.07 Å². The van der Waals surface area contributed by atoms with Crippen LogP contribution in [0.15, 0.2) is 18.2 Å². The minimum absolute atomic E-state index is 0.0951. The third-order valence-corrected chi connectivity index (χ3v) is 2.19. The predicted molar refractivity (Wildman–Crippen MR) is 61.1 cm³/mol. The molecule has 90 valence electrons. The number of unbranched alkanes of at least 4 members (excludes halogenated alkanes) is 1. The van der Waals surface area contributed by atoms with Crippen molar-refractivity contribution in [1.82, 2.24) is 5.32 Å². The van der Waals surface area contributed by atoms with E-state index in [1.165, 1.54) is 6.07 Å². The van der Waals surface area contributed by atoms with E-state index in [2.05, 4.69) is 11.2 Å². The topological polar surface area (TPSA) is 29.1 Å². The number of carbonyl (C=O) groups is 1. The number of carbonyl (C=O) groups excluding carboxylic acids is 1. The van der Waals surface area contributed by atoms with Gasteiger partial charge < -0.3 is 5.32 Å². The molecule has 1 amide bonds. The van der Waals surface area contributed by atoms with Gasteiger partial charge >= 0.3 is 0 Å². The van der Waals surface area contributed by atoms with Crippen molar-refractivity contribution >= 4 is 5.91 Å². The van der Waals surface area contributed by atoms with Crippen LogP contribution in [0.3, 0.4) is 0 Å². The average molecular weight is 237 g/mol. The quantitative estimate of drug-likeness (QED) is 0.616. The second kappa shape index (κ2) is 6.64. The zero-order chi connectivity index (χ0) is 12.7. The molecular weight excluding hydrogens is 224 g/mol. The monoisotopic (exact) mass is 237 g/mol.